The van der Waals surface area contributed by atoms with E-state index in [1.165, 1.54) is 26.0 Å². The molecular weight excluding hydrogens is 370 g/mol. The number of ether oxygens (including phenoxy) is 2. The lowest BCUT2D eigenvalue weighted by Crippen LogP contribution is -2.37. The van der Waals surface area contributed by atoms with Gasteiger partial charge in [0.1, 0.15) is 18.0 Å². The van der Waals surface area contributed by atoms with Crippen molar-refractivity contribution in [2.45, 2.75) is 20.8 Å². The van der Waals surface area contributed by atoms with Crippen LogP contribution in [0.1, 0.15) is 20.8 Å². The molecule has 0 aliphatic rings. The van der Waals surface area contributed by atoms with Crippen molar-refractivity contribution in [3.63, 3.8) is 0 Å². The van der Waals surface area contributed by atoms with Crippen molar-refractivity contribution in [1.82, 2.24) is 0 Å². The maximum atomic E-state index is 12.6. The number of anilines is 3. The Balaban J connectivity index is 2.16. The minimum absolute atomic E-state index is 0.142. The Labute approximate surface area is 172 Å². The minimum Gasteiger partial charge on any atom is -0.497 e. The van der Waals surface area contributed by atoms with E-state index in [4.69, 9.17) is 9.47 Å². The highest BCUT2D eigenvalue weighted by atomic mass is 16.5. The van der Waals surface area contributed by atoms with E-state index >= 15 is 0 Å². The lowest BCUT2D eigenvalue weighted by atomic mass is 10.2. The topological polar surface area (TPSA) is 71.1 Å². The molecule has 0 aliphatic heterocycles. The van der Waals surface area contributed by atoms with Gasteiger partial charge in [-0.2, -0.15) is 0 Å². The number of nitrogens with zero attached hydrogens (tertiary/aromatic N) is 2. The summed E-state index contributed by atoms with van der Waals surface area (Å²) in [5.41, 5.74) is 2.25. The monoisotopic (exact) mass is 399 g/mol. The second-order valence-electron chi connectivity index (χ2n) is 6.41. The van der Waals surface area contributed by atoms with E-state index in [-0.39, 0.29) is 18.4 Å². The van der Waals surface area contributed by atoms with Crippen LogP contribution in [0.4, 0.5) is 17.1 Å². The molecule has 0 saturated heterocycles. The Morgan fingerprint density at radius 3 is 2.14 bits per heavy atom. The Bertz CT molecular complexity index is 832. The van der Waals surface area contributed by atoms with E-state index in [1.807, 2.05) is 24.3 Å². The van der Waals surface area contributed by atoms with Crippen LogP contribution in [0, 0.1) is 0 Å². The highest BCUT2D eigenvalue weighted by Crippen LogP contribution is 2.32. The van der Waals surface area contributed by atoms with Gasteiger partial charge >= 0.3 is 0 Å². The molecule has 156 valence electrons. The summed E-state index contributed by atoms with van der Waals surface area (Å²) in [5.74, 6) is 0.473. The van der Waals surface area contributed by atoms with Gasteiger partial charge in [-0.25, -0.2) is 0 Å². The van der Waals surface area contributed by atoms with Gasteiger partial charge in [0.15, 0.2) is 0 Å². The number of nitrogens with one attached hydrogen (secondary N) is 1. The number of methoxy groups -OCH3 is 2. The molecule has 0 fully saturated rings. The van der Waals surface area contributed by atoms with Crippen molar-refractivity contribution in [3.05, 3.63) is 42.5 Å². The second kappa shape index (κ2) is 10.4. The van der Waals surface area contributed by atoms with Crippen LogP contribution in [0.2, 0.25) is 0 Å². The predicted molar refractivity (Wildman–Crippen MR) is 116 cm³/mol. The Morgan fingerprint density at radius 1 is 0.966 bits per heavy atom. The summed E-state index contributed by atoms with van der Waals surface area (Å²) in [6.45, 7) is 7.29. The maximum absolute atomic E-state index is 12.6. The van der Waals surface area contributed by atoms with Crippen molar-refractivity contribution < 1.29 is 19.1 Å². The smallest absolute Gasteiger partial charge is 0.244 e. The molecule has 0 radical (unpaired) electrons. The number of hydrogen-bond donors (Lipinski definition) is 1. The molecule has 0 atom stereocenters. The summed E-state index contributed by atoms with van der Waals surface area (Å²) < 4.78 is 10.6. The van der Waals surface area contributed by atoms with Gasteiger partial charge in [-0.1, -0.05) is 0 Å². The SMILES string of the molecule is CCN(CC)c1ccc(NC(=O)CN(C(C)=O)c2cc(OC)ccc2OC)cc1. The van der Waals surface area contributed by atoms with Crippen molar-refractivity contribution in [3.8, 4) is 11.5 Å². The highest BCUT2D eigenvalue weighted by molar-refractivity contribution is 6.02. The molecule has 0 aromatic heterocycles. The fraction of sp³-hybridized carbons (Fsp3) is 0.364. The number of carbonyl (C=O) groups excluding carboxylic acids is 2. The van der Waals surface area contributed by atoms with Crippen LogP contribution in [-0.4, -0.2) is 45.7 Å². The fourth-order valence-corrected chi connectivity index (χ4v) is 3.06. The molecule has 0 spiro atoms. The molecule has 0 bridgehead atoms. The van der Waals surface area contributed by atoms with Crippen molar-refractivity contribution >= 4 is 28.9 Å². The first kappa shape index (κ1) is 22.1. The second-order valence-corrected chi connectivity index (χ2v) is 6.41. The van der Waals surface area contributed by atoms with Gasteiger partial charge in [-0.05, 0) is 50.2 Å². The molecular formula is C22H29N3O4. The van der Waals surface area contributed by atoms with Gasteiger partial charge in [0.25, 0.3) is 0 Å². The quantitative estimate of drug-likeness (QED) is 0.698. The summed E-state index contributed by atoms with van der Waals surface area (Å²) in [6, 6.07) is 12.8. The fourth-order valence-electron chi connectivity index (χ4n) is 3.06. The Kier molecular flexibility index (Phi) is 7.88. The van der Waals surface area contributed by atoms with E-state index in [0.29, 0.717) is 22.9 Å². The molecule has 7 nitrogen and oxygen atoms in total. The summed E-state index contributed by atoms with van der Waals surface area (Å²) in [6.07, 6.45) is 0. The molecule has 0 saturated carbocycles. The van der Waals surface area contributed by atoms with Crippen molar-refractivity contribution in [1.29, 1.82) is 0 Å². The Morgan fingerprint density at radius 2 is 1.62 bits per heavy atom. The minimum atomic E-state index is -0.305. The van der Waals surface area contributed by atoms with E-state index in [2.05, 4.69) is 24.1 Å². The average molecular weight is 399 g/mol. The van der Waals surface area contributed by atoms with Gasteiger partial charge < -0.3 is 19.7 Å². The third-order valence-corrected chi connectivity index (χ3v) is 4.64. The third kappa shape index (κ3) is 5.63. The molecule has 2 aromatic rings. The van der Waals surface area contributed by atoms with Crippen LogP contribution in [0.15, 0.2) is 42.5 Å². The number of hydrogen-bond acceptors (Lipinski definition) is 5. The van der Waals surface area contributed by atoms with Gasteiger partial charge in [0.2, 0.25) is 11.8 Å². The maximum Gasteiger partial charge on any atom is 0.244 e. The van der Waals surface area contributed by atoms with Crippen LogP contribution in [0.3, 0.4) is 0 Å². The predicted octanol–water partition coefficient (Wildman–Crippen LogP) is 3.54. The molecule has 2 amide bonds. The van der Waals surface area contributed by atoms with E-state index in [0.717, 1.165) is 18.8 Å². The zero-order chi connectivity index (χ0) is 21.4. The normalized spacial score (nSPS) is 10.2. The van der Waals surface area contributed by atoms with Crippen molar-refractivity contribution in [2.75, 3.05) is 49.0 Å². The average Bonchev–Trinajstić information content (AvgIpc) is 2.73. The van der Waals surface area contributed by atoms with Crippen LogP contribution in [0.25, 0.3) is 0 Å². The number of carbonyl (C=O) groups is 2. The first-order valence-electron chi connectivity index (χ1n) is 9.58. The molecule has 0 unspecified atom stereocenters. The standard InChI is InChI=1S/C22H29N3O4/c1-6-24(7-2)18-10-8-17(9-11-18)23-22(27)15-25(16(3)26)20-14-19(28-4)12-13-21(20)29-5/h8-14H,6-7,15H2,1-5H3,(H,23,27). The number of amides is 2. The van der Waals surface area contributed by atoms with Crippen LogP contribution >= 0.6 is 0 Å². The largest absolute Gasteiger partial charge is 0.497 e. The van der Waals surface area contributed by atoms with Gasteiger partial charge in [-0.3, -0.25) is 14.5 Å². The van der Waals surface area contributed by atoms with Gasteiger partial charge in [0.05, 0.1) is 19.9 Å². The molecule has 29 heavy (non-hydrogen) atoms. The summed E-state index contributed by atoms with van der Waals surface area (Å²) >= 11 is 0. The zero-order valence-corrected chi connectivity index (χ0v) is 17.7. The highest BCUT2D eigenvalue weighted by Gasteiger charge is 2.20. The Hall–Kier alpha value is -3.22. The van der Waals surface area contributed by atoms with Gasteiger partial charge in [0, 0.05) is 37.5 Å². The first-order chi connectivity index (χ1) is 13.9. The molecule has 0 aliphatic carbocycles. The van der Waals surface area contributed by atoms with E-state index in [9.17, 15) is 9.59 Å². The lowest BCUT2D eigenvalue weighted by molar-refractivity contribution is -0.120. The van der Waals surface area contributed by atoms with Gasteiger partial charge in [-0.15, -0.1) is 0 Å². The zero-order valence-electron chi connectivity index (χ0n) is 17.7. The first-order valence-corrected chi connectivity index (χ1v) is 9.58. The number of benzene rings is 2. The van der Waals surface area contributed by atoms with Crippen LogP contribution in [-0.2, 0) is 9.59 Å². The summed E-state index contributed by atoms with van der Waals surface area (Å²) in [7, 11) is 3.05. The summed E-state index contributed by atoms with van der Waals surface area (Å²) in [4.78, 5) is 28.4. The molecule has 2 rings (SSSR count). The lowest BCUT2D eigenvalue weighted by Gasteiger charge is -2.23. The summed E-state index contributed by atoms with van der Waals surface area (Å²) in [5, 5.41) is 2.84. The molecule has 1 N–H and O–H groups in total. The molecule has 0 heterocycles. The molecule has 7 heteroatoms. The van der Waals surface area contributed by atoms with E-state index in [1.54, 1.807) is 18.2 Å². The van der Waals surface area contributed by atoms with Crippen molar-refractivity contribution in [2.24, 2.45) is 0 Å². The van der Waals surface area contributed by atoms with E-state index < -0.39 is 0 Å². The number of rotatable bonds is 9. The third-order valence-electron chi connectivity index (χ3n) is 4.64. The van der Waals surface area contributed by atoms with Crippen LogP contribution < -0.4 is 24.6 Å². The van der Waals surface area contributed by atoms with Crippen LogP contribution in [0.5, 0.6) is 11.5 Å². The molecule has 2 aromatic carbocycles.